The van der Waals surface area contributed by atoms with Crippen molar-refractivity contribution in [3.8, 4) is 5.75 Å². The number of aliphatic carboxylic acids is 1. The van der Waals surface area contributed by atoms with E-state index in [9.17, 15) is 9.59 Å². The summed E-state index contributed by atoms with van der Waals surface area (Å²) in [6, 6.07) is 6.13. The molecule has 1 aliphatic rings. The molecule has 2 N–H and O–H groups in total. The highest BCUT2D eigenvalue weighted by molar-refractivity contribution is 5.99. The number of carbonyl (C=O) groups excluding carboxylic acids is 1. The van der Waals surface area contributed by atoms with Gasteiger partial charge in [0.25, 0.3) is 0 Å². The first-order valence-electron chi connectivity index (χ1n) is 4.90. The van der Waals surface area contributed by atoms with Crippen LogP contribution in [0, 0.1) is 5.92 Å². The molecule has 5 heteroatoms. The van der Waals surface area contributed by atoms with Crippen molar-refractivity contribution < 1.29 is 19.8 Å². The van der Waals surface area contributed by atoms with E-state index in [4.69, 9.17) is 10.2 Å². The van der Waals surface area contributed by atoms with Crippen LogP contribution < -0.4 is 4.90 Å². The smallest absolute Gasteiger partial charge is 0.308 e. The van der Waals surface area contributed by atoms with Gasteiger partial charge in [-0.1, -0.05) is 0 Å². The molecule has 2 rings (SSSR count). The number of benzene rings is 1. The highest BCUT2D eigenvalue weighted by atomic mass is 16.4. The molecule has 84 valence electrons. The number of hydrogen-bond donors (Lipinski definition) is 2. The number of rotatable bonds is 2. The van der Waals surface area contributed by atoms with Gasteiger partial charge in [0.1, 0.15) is 5.75 Å². The Bertz CT molecular complexity index is 426. The van der Waals surface area contributed by atoms with Crippen molar-refractivity contribution in [2.75, 3.05) is 11.4 Å². The van der Waals surface area contributed by atoms with Crippen molar-refractivity contribution >= 4 is 17.6 Å². The Morgan fingerprint density at radius 3 is 2.44 bits per heavy atom. The molecule has 1 atom stereocenters. The van der Waals surface area contributed by atoms with Crippen LogP contribution in [-0.4, -0.2) is 28.6 Å². The number of nitrogens with zero attached hydrogens (tertiary/aromatic N) is 1. The molecule has 16 heavy (non-hydrogen) atoms. The van der Waals surface area contributed by atoms with Crippen molar-refractivity contribution in [3.05, 3.63) is 24.3 Å². The number of aromatic hydroxyl groups is 1. The predicted octanol–water partition coefficient (Wildman–Crippen LogP) is 0.830. The maximum atomic E-state index is 11.6. The summed E-state index contributed by atoms with van der Waals surface area (Å²) in [5.41, 5.74) is 0.617. The summed E-state index contributed by atoms with van der Waals surface area (Å²) < 4.78 is 0. The zero-order valence-corrected chi connectivity index (χ0v) is 8.46. The highest BCUT2D eigenvalue weighted by Crippen LogP contribution is 2.26. The summed E-state index contributed by atoms with van der Waals surface area (Å²) in [4.78, 5) is 23.8. The van der Waals surface area contributed by atoms with Gasteiger partial charge in [-0.2, -0.15) is 0 Å². The van der Waals surface area contributed by atoms with Gasteiger partial charge in [-0.05, 0) is 24.3 Å². The Labute approximate surface area is 91.9 Å². The minimum absolute atomic E-state index is 0.0379. The molecule has 1 saturated heterocycles. The summed E-state index contributed by atoms with van der Waals surface area (Å²) in [6.45, 7) is 0.193. The van der Waals surface area contributed by atoms with Crippen molar-refractivity contribution in [1.82, 2.24) is 0 Å². The molecule has 0 bridgehead atoms. The fourth-order valence-corrected chi connectivity index (χ4v) is 1.76. The van der Waals surface area contributed by atoms with E-state index < -0.39 is 11.9 Å². The standard InChI is InChI=1S/C11H11NO4/c13-9-3-1-8(2-4-9)12-6-7(11(15)16)5-10(12)14/h1-4,7,13H,5-6H2,(H,15,16)/t7-/m0/s1. The number of phenols is 1. The summed E-state index contributed by atoms with van der Waals surface area (Å²) in [6.07, 6.45) is 0.0379. The summed E-state index contributed by atoms with van der Waals surface area (Å²) in [5.74, 6) is -1.67. The third-order valence-corrected chi connectivity index (χ3v) is 2.64. The SMILES string of the molecule is O=C(O)[C@H]1CC(=O)N(c2ccc(O)cc2)C1. The first-order chi connectivity index (χ1) is 7.58. The lowest BCUT2D eigenvalue weighted by molar-refractivity contribution is -0.141. The molecular formula is C11H11NO4. The first kappa shape index (κ1) is 10.5. The molecule has 1 aromatic carbocycles. The second kappa shape index (κ2) is 3.84. The van der Waals surface area contributed by atoms with Crippen LogP contribution in [0.3, 0.4) is 0 Å². The minimum Gasteiger partial charge on any atom is -0.508 e. The molecular weight excluding hydrogens is 210 g/mol. The Kier molecular flexibility index (Phi) is 2.52. The normalized spacial score (nSPS) is 20.1. The van der Waals surface area contributed by atoms with Crippen LogP contribution in [0.15, 0.2) is 24.3 Å². The van der Waals surface area contributed by atoms with Crippen LogP contribution in [0.4, 0.5) is 5.69 Å². The molecule has 1 aliphatic heterocycles. The van der Waals surface area contributed by atoms with E-state index in [0.717, 1.165) is 0 Å². The van der Waals surface area contributed by atoms with Crippen molar-refractivity contribution in [2.45, 2.75) is 6.42 Å². The van der Waals surface area contributed by atoms with Gasteiger partial charge in [-0.25, -0.2) is 0 Å². The van der Waals surface area contributed by atoms with E-state index in [-0.39, 0.29) is 24.6 Å². The van der Waals surface area contributed by atoms with Crippen LogP contribution >= 0.6 is 0 Å². The molecule has 1 fully saturated rings. The van der Waals surface area contributed by atoms with Crippen molar-refractivity contribution in [2.24, 2.45) is 5.92 Å². The number of phenolic OH excluding ortho intramolecular Hbond substituents is 1. The Morgan fingerprint density at radius 2 is 1.94 bits per heavy atom. The van der Waals surface area contributed by atoms with E-state index >= 15 is 0 Å². The monoisotopic (exact) mass is 221 g/mol. The zero-order chi connectivity index (χ0) is 11.7. The minimum atomic E-state index is -0.949. The third-order valence-electron chi connectivity index (χ3n) is 2.64. The molecule has 0 aromatic heterocycles. The van der Waals surface area contributed by atoms with E-state index in [0.29, 0.717) is 5.69 Å². The van der Waals surface area contributed by atoms with Gasteiger partial charge in [-0.15, -0.1) is 0 Å². The quantitative estimate of drug-likeness (QED) is 0.775. The van der Waals surface area contributed by atoms with Gasteiger partial charge in [-0.3, -0.25) is 9.59 Å². The number of anilines is 1. The molecule has 0 unspecified atom stereocenters. The topological polar surface area (TPSA) is 77.8 Å². The van der Waals surface area contributed by atoms with E-state index in [1.54, 1.807) is 12.1 Å². The summed E-state index contributed by atoms with van der Waals surface area (Å²) >= 11 is 0. The van der Waals surface area contributed by atoms with Crippen LogP contribution in [0.5, 0.6) is 5.75 Å². The average molecular weight is 221 g/mol. The second-order valence-electron chi connectivity index (χ2n) is 3.76. The van der Waals surface area contributed by atoms with Crippen LogP contribution in [0.1, 0.15) is 6.42 Å². The fourth-order valence-electron chi connectivity index (χ4n) is 1.76. The number of hydrogen-bond acceptors (Lipinski definition) is 3. The van der Waals surface area contributed by atoms with Crippen molar-refractivity contribution in [1.29, 1.82) is 0 Å². The fraction of sp³-hybridized carbons (Fsp3) is 0.273. The Balaban J connectivity index is 2.20. The van der Waals surface area contributed by atoms with Gasteiger partial charge in [0.05, 0.1) is 5.92 Å². The van der Waals surface area contributed by atoms with Gasteiger partial charge >= 0.3 is 5.97 Å². The van der Waals surface area contributed by atoms with E-state index in [1.807, 2.05) is 0 Å². The lowest BCUT2D eigenvalue weighted by atomic mass is 10.1. The van der Waals surface area contributed by atoms with E-state index in [1.165, 1.54) is 17.0 Å². The average Bonchev–Trinajstić information content (AvgIpc) is 2.62. The summed E-state index contributed by atoms with van der Waals surface area (Å²) in [7, 11) is 0. The number of carboxylic acid groups (broad SMARTS) is 1. The number of amides is 1. The first-order valence-corrected chi connectivity index (χ1v) is 4.90. The molecule has 1 amide bonds. The molecule has 0 radical (unpaired) electrons. The van der Waals surface area contributed by atoms with Gasteiger partial charge < -0.3 is 15.1 Å². The largest absolute Gasteiger partial charge is 0.508 e. The van der Waals surface area contributed by atoms with Gasteiger partial charge in [0.2, 0.25) is 5.91 Å². The Morgan fingerprint density at radius 1 is 1.31 bits per heavy atom. The van der Waals surface area contributed by atoms with Crippen LogP contribution in [0.25, 0.3) is 0 Å². The maximum absolute atomic E-state index is 11.6. The molecule has 0 aliphatic carbocycles. The predicted molar refractivity (Wildman–Crippen MR) is 56.2 cm³/mol. The molecule has 1 aromatic rings. The lowest BCUT2D eigenvalue weighted by Crippen LogP contribution is -2.25. The van der Waals surface area contributed by atoms with Gasteiger partial charge in [0, 0.05) is 18.7 Å². The second-order valence-corrected chi connectivity index (χ2v) is 3.76. The van der Waals surface area contributed by atoms with Crippen LogP contribution in [-0.2, 0) is 9.59 Å². The van der Waals surface area contributed by atoms with E-state index in [2.05, 4.69) is 0 Å². The highest BCUT2D eigenvalue weighted by Gasteiger charge is 2.34. The molecule has 5 nitrogen and oxygen atoms in total. The molecule has 1 heterocycles. The van der Waals surface area contributed by atoms with Crippen molar-refractivity contribution in [3.63, 3.8) is 0 Å². The third kappa shape index (κ3) is 1.84. The number of carboxylic acids is 1. The summed E-state index contributed by atoms with van der Waals surface area (Å²) in [5, 5.41) is 17.9. The maximum Gasteiger partial charge on any atom is 0.308 e. The number of carbonyl (C=O) groups is 2. The molecule has 0 saturated carbocycles. The van der Waals surface area contributed by atoms with Gasteiger partial charge in [0.15, 0.2) is 0 Å². The molecule has 0 spiro atoms. The van der Waals surface area contributed by atoms with Crippen LogP contribution in [0.2, 0.25) is 0 Å². The Hall–Kier alpha value is -2.04. The lowest BCUT2D eigenvalue weighted by Gasteiger charge is -2.15. The zero-order valence-electron chi connectivity index (χ0n) is 8.46.